The Kier molecular flexibility index (Phi) is 21.2. The summed E-state index contributed by atoms with van der Waals surface area (Å²) in [4.78, 5) is 43.3. The molecule has 0 aliphatic heterocycles. The van der Waals surface area contributed by atoms with Crippen LogP contribution in [0.1, 0.15) is 26.7 Å². The summed E-state index contributed by atoms with van der Waals surface area (Å²) in [5.74, 6) is -1.08. The molecular weight excluding hydrogens is 1100 g/mol. The number of halogens is 7. The maximum atomic E-state index is 11.9. The zero-order chi connectivity index (χ0) is 51.8. The third-order valence-corrected chi connectivity index (χ3v) is 12.0. The molecule has 0 aliphatic rings. The molecule has 71 heavy (non-hydrogen) atoms. The fourth-order valence-electron chi connectivity index (χ4n) is 6.07. The van der Waals surface area contributed by atoms with Gasteiger partial charge in [0, 0.05) is 80.7 Å². The number of benzene rings is 3. The molecule has 6 aromatic heterocycles. The van der Waals surface area contributed by atoms with Crippen molar-refractivity contribution in [3.05, 3.63) is 169 Å². The predicted molar refractivity (Wildman–Crippen MR) is 297 cm³/mol. The van der Waals surface area contributed by atoms with E-state index in [4.69, 9.17) is 96.2 Å². The summed E-state index contributed by atoms with van der Waals surface area (Å²) in [7, 11) is -1.49. The highest BCUT2D eigenvalue weighted by Gasteiger charge is 2.12. The minimum atomic E-state index is -1.49. The van der Waals surface area contributed by atoms with Crippen LogP contribution in [-0.2, 0) is 9.59 Å². The van der Waals surface area contributed by atoms with Gasteiger partial charge in [-0.2, -0.15) is 0 Å². The van der Waals surface area contributed by atoms with E-state index in [1.54, 1.807) is 61.5 Å². The molecule has 3 aromatic carbocycles. The molecule has 1 amide bonds. The molecule has 22 heteroatoms. The molecule has 0 unspecified atom stereocenters. The van der Waals surface area contributed by atoms with Crippen molar-refractivity contribution in [1.29, 1.82) is 0 Å². The smallest absolute Gasteiger partial charge is 0.478 e. The van der Waals surface area contributed by atoms with Gasteiger partial charge in [-0.15, -0.1) is 0 Å². The fraction of sp³-hybridized carbons (Fsp3) is 0.0816. The van der Waals surface area contributed by atoms with Crippen molar-refractivity contribution < 1.29 is 24.7 Å². The maximum absolute atomic E-state index is 11.9. The van der Waals surface area contributed by atoms with Gasteiger partial charge in [-0.05, 0) is 106 Å². The number of nitrogens with one attached hydrogen (secondary N) is 4. The van der Waals surface area contributed by atoms with Gasteiger partial charge in [0.1, 0.15) is 16.9 Å². The Balaban J connectivity index is 0.000000176. The van der Waals surface area contributed by atoms with Crippen LogP contribution in [0.15, 0.2) is 139 Å². The zero-order valence-corrected chi connectivity index (χ0v) is 43.6. The number of carboxylic acids is 1. The van der Waals surface area contributed by atoms with Crippen molar-refractivity contribution in [3.8, 4) is 22.3 Å². The number of nitrogen functional groups attached to an aromatic ring is 2. The lowest BCUT2D eigenvalue weighted by Crippen LogP contribution is -2.29. The molecule has 9 rings (SSSR count). The van der Waals surface area contributed by atoms with E-state index in [1.807, 2.05) is 56.3 Å². The van der Waals surface area contributed by atoms with Crippen LogP contribution in [0.5, 0.6) is 0 Å². The van der Waals surface area contributed by atoms with Crippen LogP contribution in [-0.4, -0.2) is 64.1 Å². The number of carboxylic acid groups (broad SMARTS) is 1. The van der Waals surface area contributed by atoms with E-state index in [9.17, 15) is 9.59 Å². The number of H-pyrrole nitrogens is 3. The van der Waals surface area contributed by atoms with Crippen LogP contribution in [0.25, 0.3) is 55.4 Å². The van der Waals surface area contributed by atoms with Crippen molar-refractivity contribution in [2.75, 3.05) is 16.8 Å². The van der Waals surface area contributed by atoms with Gasteiger partial charge in [-0.3, -0.25) is 4.79 Å². The second-order valence-corrected chi connectivity index (χ2v) is 18.1. The number of pyridine rings is 3. The van der Waals surface area contributed by atoms with Gasteiger partial charge < -0.3 is 46.9 Å². The van der Waals surface area contributed by atoms with E-state index in [2.05, 4.69) is 51.2 Å². The molecule has 6 heterocycles. The highest BCUT2D eigenvalue weighted by Crippen LogP contribution is 2.33. The van der Waals surface area contributed by atoms with Crippen molar-refractivity contribution in [2.45, 2.75) is 26.7 Å². The number of rotatable bonds is 8. The Bertz CT molecular complexity index is 3350. The van der Waals surface area contributed by atoms with Crippen LogP contribution in [0, 0.1) is 0 Å². The lowest BCUT2D eigenvalue weighted by atomic mass is 9.80. The first-order valence-electron chi connectivity index (χ1n) is 21.1. The molecule has 14 nitrogen and oxygen atoms in total. The minimum Gasteiger partial charge on any atom is -0.478 e. The summed E-state index contributed by atoms with van der Waals surface area (Å²) in [6.07, 6.45) is 18.0. The van der Waals surface area contributed by atoms with E-state index in [0.29, 0.717) is 52.7 Å². The maximum Gasteiger partial charge on any atom is 0.488 e. The molecule has 9 aromatic rings. The Morgan fingerprint density at radius 2 is 1.06 bits per heavy atom. The Morgan fingerprint density at radius 3 is 1.52 bits per heavy atom. The molecule has 0 radical (unpaired) electrons. The number of anilines is 3. The van der Waals surface area contributed by atoms with Crippen molar-refractivity contribution in [2.24, 2.45) is 0 Å². The lowest BCUT2D eigenvalue weighted by molar-refractivity contribution is -0.131. The second kappa shape index (κ2) is 27.0. The molecule has 11 N–H and O–H groups in total. The van der Waals surface area contributed by atoms with Gasteiger partial charge in [0.05, 0.1) is 41.5 Å². The second-order valence-electron chi connectivity index (χ2n) is 14.7. The number of allylic oxidation sites excluding steroid dienone is 2. The quantitative estimate of drug-likeness (QED) is 0.0396. The fourth-order valence-corrected chi connectivity index (χ4v) is 7.40. The highest BCUT2D eigenvalue weighted by atomic mass is 79.9. The molecular formula is C49H43BBrCl6N9O5. The van der Waals surface area contributed by atoms with Gasteiger partial charge >= 0.3 is 13.1 Å². The largest absolute Gasteiger partial charge is 0.488 e. The number of aromatic amines is 3. The van der Waals surface area contributed by atoms with Gasteiger partial charge in [-0.25, -0.2) is 19.7 Å². The first kappa shape index (κ1) is 55.9. The van der Waals surface area contributed by atoms with Crippen molar-refractivity contribution >= 4 is 160 Å². The van der Waals surface area contributed by atoms with Crippen molar-refractivity contribution in [3.63, 3.8) is 0 Å². The van der Waals surface area contributed by atoms with Crippen LogP contribution >= 0.6 is 85.5 Å². The molecule has 0 saturated heterocycles. The number of aromatic nitrogens is 6. The SMILES string of the molecule is CC/C=C/C(=O)Nc1cc(-c2cnc3[nH]cc(Cl)c3c2)ccc1Cl.CC/C=C/C(=O)O.Clc1c[nH]c2ncc(Br)cc12.Nc1cc(-c2cnc3[nH]cc(Cl)c3c2)ccc1Cl.Nc1cc(B(O)O)ccc1Cl. The van der Waals surface area contributed by atoms with E-state index in [1.165, 1.54) is 24.3 Å². The summed E-state index contributed by atoms with van der Waals surface area (Å²) in [6.45, 7) is 3.85. The Morgan fingerprint density at radius 1 is 0.606 bits per heavy atom. The third kappa shape index (κ3) is 16.2. The monoisotopic (exact) mass is 1140 g/mol. The summed E-state index contributed by atoms with van der Waals surface area (Å²) in [6, 6.07) is 21.3. The minimum absolute atomic E-state index is 0.210. The first-order valence-corrected chi connectivity index (χ1v) is 24.1. The average molecular weight is 1140 g/mol. The Hall–Kier alpha value is -6.05. The average Bonchev–Trinajstić information content (AvgIpc) is 4.05. The zero-order valence-electron chi connectivity index (χ0n) is 37.5. The summed E-state index contributed by atoms with van der Waals surface area (Å²) < 4.78 is 0.937. The number of carbonyl (C=O) groups excluding carboxylic acids is 1. The number of carbonyl (C=O) groups is 2. The van der Waals surface area contributed by atoms with Gasteiger partial charge in [0.15, 0.2) is 0 Å². The first-order chi connectivity index (χ1) is 33.9. The van der Waals surface area contributed by atoms with E-state index >= 15 is 0 Å². The van der Waals surface area contributed by atoms with Crippen LogP contribution in [0.4, 0.5) is 17.1 Å². The third-order valence-electron chi connectivity index (χ3n) is 9.61. The number of aliphatic carboxylic acids is 1. The van der Waals surface area contributed by atoms with Gasteiger partial charge in [0.2, 0.25) is 5.91 Å². The molecule has 366 valence electrons. The van der Waals surface area contributed by atoms with E-state index in [0.717, 1.165) is 78.7 Å². The van der Waals surface area contributed by atoms with E-state index in [-0.39, 0.29) is 5.91 Å². The molecule has 0 aliphatic carbocycles. The summed E-state index contributed by atoms with van der Waals surface area (Å²) >= 11 is 39.1. The van der Waals surface area contributed by atoms with Crippen LogP contribution in [0.3, 0.4) is 0 Å². The summed E-state index contributed by atoms with van der Waals surface area (Å²) in [5.41, 5.74) is 19.0. The Labute approximate surface area is 446 Å². The van der Waals surface area contributed by atoms with Crippen LogP contribution < -0.4 is 22.2 Å². The molecule has 0 fully saturated rings. The molecule has 0 saturated carbocycles. The highest BCUT2D eigenvalue weighted by molar-refractivity contribution is 9.10. The number of amides is 1. The van der Waals surface area contributed by atoms with Crippen LogP contribution in [0.2, 0.25) is 30.1 Å². The number of fused-ring (bicyclic) bond motifs is 3. The van der Waals surface area contributed by atoms with Gasteiger partial charge in [-0.1, -0.05) is 114 Å². The standard InChI is InChI=1S/C18H15Cl2N3O.C13H9Cl2N3.C7H4BrClN2.C6H7BClNO2.C5H8O2/c1-2-3-4-17(24)23-16-8-11(5-6-14(16)19)12-7-13-15(20)10-22-18(13)21-9-12;14-10-2-1-7(4-12(10)16)8-3-9-11(15)6-18-13(9)17-5-8;8-4-1-5-6(9)3-11-7(5)10-2-4;8-5-2-1-4(7(10)11)3-6(5)9;1-2-3-4-5(6)7/h3-10H,2H2,1H3,(H,21,22)(H,23,24);1-6H,16H2,(H,17,18);1-3H,(H,10,11);1-3,10-11H,9H2;3-4H,2H2,1H3,(H,6,7)/b4-3+;;;;4-3+. The van der Waals surface area contributed by atoms with E-state index < -0.39 is 13.1 Å². The number of hydrogen-bond donors (Lipinski definition) is 9. The number of hydrogen-bond acceptors (Lipinski definition) is 9. The normalized spacial score (nSPS) is 10.7. The topological polar surface area (TPSA) is 245 Å². The molecule has 0 spiro atoms. The predicted octanol–water partition coefficient (Wildman–Crippen LogP) is 13.2. The number of nitrogens with zero attached hydrogens (tertiary/aromatic N) is 3. The molecule has 0 atom stereocenters. The van der Waals surface area contributed by atoms with Crippen molar-refractivity contribution in [1.82, 2.24) is 29.9 Å². The van der Waals surface area contributed by atoms with Gasteiger partial charge in [0.25, 0.3) is 0 Å². The molecule has 0 bridgehead atoms. The number of nitrogens with two attached hydrogens (primary N) is 2. The summed E-state index contributed by atoms with van der Waals surface area (Å²) in [5, 5.41) is 34.2. The lowest BCUT2D eigenvalue weighted by Gasteiger charge is -2.08.